The molecule has 1 aliphatic heterocycles. The van der Waals surface area contributed by atoms with Crippen molar-refractivity contribution in [3.8, 4) is 11.3 Å². The molecule has 1 amide bonds. The van der Waals surface area contributed by atoms with Gasteiger partial charge in [-0.3, -0.25) is 4.79 Å². The van der Waals surface area contributed by atoms with Gasteiger partial charge in [-0.15, -0.1) is 12.4 Å². The second-order valence-corrected chi connectivity index (χ2v) is 5.22. The fourth-order valence-electron chi connectivity index (χ4n) is 2.51. The first kappa shape index (κ1) is 16.5. The largest absolute Gasteiger partial charge is 0.451 e. The smallest absolute Gasteiger partial charge is 0.289 e. The van der Waals surface area contributed by atoms with E-state index >= 15 is 0 Å². The van der Waals surface area contributed by atoms with Crippen LogP contribution < -0.4 is 5.32 Å². The average molecular weight is 325 g/mol. The molecule has 1 unspecified atom stereocenters. The normalized spacial score (nSPS) is 17.9. The average Bonchev–Trinajstić information content (AvgIpc) is 2.98. The highest BCUT2D eigenvalue weighted by Gasteiger charge is 2.26. The lowest BCUT2D eigenvalue weighted by atomic mass is 10.2. The fourth-order valence-corrected chi connectivity index (χ4v) is 2.51. The van der Waals surface area contributed by atoms with E-state index in [4.69, 9.17) is 4.42 Å². The summed E-state index contributed by atoms with van der Waals surface area (Å²) in [5.41, 5.74) is 0.754. The molecule has 4 nitrogen and oxygen atoms in total. The number of amides is 1. The van der Waals surface area contributed by atoms with Gasteiger partial charge in [-0.25, -0.2) is 4.39 Å². The van der Waals surface area contributed by atoms with Crippen LogP contribution in [-0.2, 0) is 0 Å². The topological polar surface area (TPSA) is 45.5 Å². The molecule has 0 aliphatic carbocycles. The molecule has 1 N–H and O–H groups in total. The first-order chi connectivity index (χ1) is 10.1. The van der Waals surface area contributed by atoms with E-state index in [1.807, 2.05) is 11.8 Å². The maximum atomic E-state index is 12.9. The lowest BCUT2D eigenvalue weighted by molar-refractivity contribution is 0.0624. The van der Waals surface area contributed by atoms with Gasteiger partial charge in [0, 0.05) is 31.2 Å². The molecule has 1 saturated heterocycles. The second-order valence-electron chi connectivity index (χ2n) is 5.22. The minimum absolute atomic E-state index is 0. The van der Waals surface area contributed by atoms with Crippen LogP contribution in [0.15, 0.2) is 40.8 Å². The summed E-state index contributed by atoms with van der Waals surface area (Å²) in [5.74, 6) is 0.498. The number of benzene rings is 1. The predicted molar refractivity (Wildman–Crippen MR) is 84.7 cm³/mol. The van der Waals surface area contributed by atoms with Gasteiger partial charge in [0.15, 0.2) is 5.76 Å². The Hall–Kier alpha value is -1.85. The van der Waals surface area contributed by atoms with Gasteiger partial charge in [0.25, 0.3) is 5.91 Å². The Morgan fingerprint density at radius 1 is 1.27 bits per heavy atom. The van der Waals surface area contributed by atoms with E-state index in [9.17, 15) is 9.18 Å². The van der Waals surface area contributed by atoms with Gasteiger partial charge >= 0.3 is 0 Å². The van der Waals surface area contributed by atoms with Crippen molar-refractivity contribution in [3.63, 3.8) is 0 Å². The van der Waals surface area contributed by atoms with Crippen LogP contribution >= 0.6 is 12.4 Å². The van der Waals surface area contributed by atoms with Crippen LogP contribution in [0.25, 0.3) is 11.3 Å². The van der Waals surface area contributed by atoms with Crippen LogP contribution in [0, 0.1) is 5.82 Å². The molecular weight excluding hydrogens is 307 g/mol. The van der Waals surface area contributed by atoms with Crippen LogP contribution in [0.2, 0.25) is 0 Å². The van der Waals surface area contributed by atoms with Crippen molar-refractivity contribution in [1.29, 1.82) is 0 Å². The fraction of sp³-hybridized carbons (Fsp3) is 0.312. The van der Waals surface area contributed by atoms with Gasteiger partial charge in [0.2, 0.25) is 0 Å². The molecule has 118 valence electrons. The molecule has 1 fully saturated rings. The number of piperazine rings is 1. The number of nitrogens with zero attached hydrogens (tertiary/aromatic N) is 1. The van der Waals surface area contributed by atoms with E-state index in [2.05, 4.69) is 5.32 Å². The molecule has 3 rings (SSSR count). The van der Waals surface area contributed by atoms with Gasteiger partial charge < -0.3 is 14.6 Å². The Morgan fingerprint density at radius 2 is 2.00 bits per heavy atom. The third-order valence-corrected chi connectivity index (χ3v) is 3.71. The van der Waals surface area contributed by atoms with Gasteiger partial charge in [-0.05, 0) is 43.3 Å². The molecular formula is C16H18ClFN2O2. The van der Waals surface area contributed by atoms with E-state index in [1.165, 1.54) is 12.1 Å². The number of rotatable bonds is 2. The first-order valence-corrected chi connectivity index (χ1v) is 7.02. The number of furan rings is 1. The summed E-state index contributed by atoms with van der Waals surface area (Å²) in [6.45, 7) is 4.26. The van der Waals surface area contributed by atoms with E-state index < -0.39 is 0 Å². The van der Waals surface area contributed by atoms with Crippen molar-refractivity contribution in [2.24, 2.45) is 0 Å². The molecule has 22 heavy (non-hydrogen) atoms. The molecule has 1 atom stereocenters. The molecule has 0 radical (unpaired) electrons. The van der Waals surface area contributed by atoms with E-state index in [0.717, 1.165) is 18.7 Å². The zero-order valence-corrected chi connectivity index (χ0v) is 13.0. The molecule has 2 aromatic rings. The summed E-state index contributed by atoms with van der Waals surface area (Å²) in [6, 6.07) is 9.58. The van der Waals surface area contributed by atoms with Gasteiger partial charge in [0.1, 0.15) is 11.6 Å². The summed E-state index contributed by atoms with van der Waals surface area (Å²) >= 11 is 0. The van der Waals surface area contributed by atoms with Crippen molar-refractivity contribution in [3.05, 3.63) is 48.0 Å². The molecule has 0 spiro atoms. The lowest BCUT2D eigenvalue weighted by Gasteiger charge is -2.33. The van der Waals surface area contributed by atoms with Crippen LogP contribution in [0.5, 0.6) is 0 Å². The van der Waals surface area contributed by atoms with Gasteiger partial charge in [-0.1, -0.05) is 0 Å². The molecule has 6 heteroatoms. The third kappa shape index (κ3) is 3.31. The molecule has 2 heterocycles. The number of halogens is 2. The van der Waals surface area contributed by atoms with Crippen molar-refractivity contribution in [2.45, 2.75) is 13.0 Å². The number of hydrogen-bond donors (Lipinski definition) is 1. The Labute approximate surface area is 134 Å². The number of carbonyl (C=O) groups excluding carboxylic acids is 1. The molecule has 1 aromatic heterocycles. The lowest BCUT2D eigenvalue weighted by Crippen LogP contribution is -2.52. The molecule has 0 bridgehead atoms. The van der Waals surface area contributed by atoms with Gasteiger partial charge in [0.05, 0.1) is 0 Å². The SMILES string of the molecule is CC1CNCCN1C(=O)c1ccc(-c2ccc(F)cc2)o1.Cl. The minimum atomic E-state index is -0.295. The van der Waals surface area contributed by atoms with Gasteiger partial charge in [-0.2, -0.15) is 0 Å². The highest BCUT2D eigenvalue weighted by molar-refractivity contribution is 5.92. The molecule has 1 aromatic carbocycles. The summed E-state index contributed by atoms with van der Waals surface area (Å²) in [7, 11) is 0. The zero-order chi connectivity index (χ0) is 14.8. The van der Waals surface area contributed by atoms with Crippen LogP contribution in [0.3, 0.4) is 0 Å². The summed E-state index contributed by atoms with van der Waals surface area (Å²) in [5, 5.41) is 3.25. The Balaban J connectivity index is 0.00000176. The van der Waals surface area contributed by atoms with E-state index in [1.54, 1.807) is 24.3 Å². The Bertz CT molecular complexity index is 642. The zero-order valence-electron chi connectivity index (χ0n) is 12.2. The van der Waals surface area contributed by atoms with Crippen molar-refractivity contribution in [1.82, 2.24) is 10.2 Å². The third-order valence-electron chi connectivity index (χ3n) is 3.71. The Kier molecular flexibility index (Phi) is 5.21. The van der Waals surface area contributed by atoms with E-state index in [-0.39, 0.29) is 30.2 Å². The van der Waals surface area contributed by atoms with Crippen LogP contribution in [-0.4, -0.2) is 36.5 Å². The van der Waals surface area contributed by atoms with Crippen molar-refractivity contribution >= 4 is 18.3 Å². The number of carbonyl (C=O) groups is 1. The van der Waals surface area contributed by atoms with Crippen molar-refractivity contribution < 1.29 is 13.6 Å². The summed E-state index contributed by atoms with van der Waals surface area (Å²) < 4.78 is 18.6. The van der Waals surface area contributed by atoms with Crippen LogP contribution in [0.1, 0.15) is 17.5 Å². The Morgan fingerprint density at radius 3 is 2.68 bits per heavy atom. The number of nitrogens with one attached hydrogen (secondary N) is 1. The highest BCUT2D eigenvalue weighted by atomic mass is 35.5. The second kappa shape index (κ2) is 6.94. The summed E-state index contributed by atoms with van der Waals surface area (Å²) in [4.78, 5) is 14.3. The molecule has 1 aliphatic rings. The predicted octanol–water partition coefficient (Wildman–Crippen LogP) is 2.94. The summed E-state index contributed by atoms with van der Waals surface area (Å²) in [6.07, 6.45) is 0. The highest BCUT2D eigenvalue weighted by Crippen LogP contribution is 2.23. The minimum Gasteiger partial charge on any atom is -0.451 e. The van der Waals surface area contributed by atoms with Crippen molar-refractivity contribution in [2.75, 3.05) is 19.6 Å². The standard InChI is InChI=1S/C16H17FN2O2.ClH/c1-11-10-18-8-9-19(11)16(20)15-7-6-14(21-15)12-2-4-13(17)5-3-12;/h2-7,11,18H,8-10H2,1H3;1H. The van der Waals surface area contributed by atoms with Crippen LogP contribution in [0.4, 0.5) is 4.39 Å². The maximum absolute atomic E-state index is 12.9. The monoisotopic (exact) mass is 324 g/mol. The first-order valence-electron chi connectivity index (χ1n) is 7.02. The number of hydrogen-bond acceptors (Lipinski definition) is 3. The molecule has 0 saturated carbocycles. The maximum Gasteiger partial charge on any atom is 0.289 e. The quantitative estimate of drug-likeness (QED) is 0.924. The van der Waals surface area contributed by atoms with E-state index in [0.29, 0.717) is 18.1 Å².